The van der Waals surface area contributed by atoms with E-state index in [0.717, 1.165) is 30.2 Å². The molecule has 3 rings (SSSR count). The van der Waals surface area contributed by atoms with E-state index in [4.69, 9.17) is 9.47 Å². The fourth-order valence-electron chi connectivity index (χ4n) is 2.86. The molecule has 1 unspecified atom stereocenters. The average molecular weight is 302 g/mol. The van der Waals surface area contributed by atoms with Gasteiger partial charge in [0.15, 0.2) is 0 Å². The third-order valence-corrected chi connectivity index (χ3v) is 4.17. The molecule has 0 spiro atoms. The molecule has 0 saturated carbocycles. The summed E-state index contributed by atoms with van der Waals surface area (Å²) in [5, 5.41) is 6.38. The lowest BCUT2D eigenvalue weighted by atomic mass is 9.99. The zero-order valence-corrected chi connectivity index (χ0v) is 12.9. The van der Waals surface area contributed by atoms with Crippen molar-refractivity contribution in [3.8, 4) is 11.5 Å². The fourth-order valence-corrected chi connectivity index (χ4v) is 2.86. The molecule has 2 aliphatic rings. The third-order valence-electron chi connectivity index (χ3n) is 4.17. The molecule has 1 amide bonds. The number of benzene rings is 1. The predicted molar refractivity (Wildman–Crippen MR) is 85.1 cm³/mol. The van der Waals surface area contributed by atoms with E-state index in [1.54, 1.807) is 7.11 Å². The van der Waals surface area contributed by atoms with Crippen LogP contribution in [0, 0.1) is 5.92 Å². The van der Waals surface area contributed by atoms with E-state index in [1.807, 2.05) is 24.3 Å². The summed E-state index contributed by atoms with van der Waals surface area (Å²) < 4.78 is 10.9. The van der Waals surface area contributed by atoms with Crippen molar-refractivity contribution in [2.45, 2.75) is 12.8 Å². The normalized spacial score (nSPS) is 20.4. The molecular weight excluding hydrogens is 280 g/mol. The Hall–Kier alpha value is -2.01. The van der Waals surface area contributed by atoms with Crippen molar-refractivity contribution < 1.29 is 14.3 Å². The lowest BCUT2D eigenvalue weighted by molar-refractivity contribution is -0.118. The van der Waals surface area contributed by atoms with E-state index >= 15 is 0 Å². The number of amides is 1. The molecule has 1 saturated heterocycles. The van der Waals surface area contributed by atoms with Crippen molar-refractivity contribution in [3.05, 3.63) is 29.3 Å². The van der Waals surface area contributed by atoms with E-state index in [1.165, 1.54) is 12.8 Å². The Morgan fingerprint density at radius 1 is 1.50 bits per heavy atom. The molecule has 118 valence electrons. The first-order valence-electron chi connectivity index (χ1n) is 7.76. The van der Waals surface area contributed by atoms with Crippen molar-refractivity contribution in [1.82, 2.24) is 10.6 Å². The number of ether oxygens (including phenoxy) is 2. The number of rotatable bonds is 4. The molecule has 0 radical (unpaired) electrons. The SMILES string of the molecule is COc1ccc2c(c1)C=C(C(=O)NCC1CCCNC1)CO2. The van der Waals surface area contributed by atoms with E-state index in [-0.39, 0.29) is 5.91 Å². The Balaban J connectivity index is 1.63. The highest BCUT2D eigenvalue weighted by Gasteiger charge is 2.19. The van der Waals surface area contributed by atoms with Gasteiger partial charge in [0.1, 0.15) is 18.1 Å². The topological polar surface area (TPSA) is 59.6 Å². The summed E-state index contributed by atoms with van der Waals surface area (Å²) in [4.78, 5) is 12.3. The Kier molecular flexibility index (Phi) is 4.63. The molecule has 2 N–H and O–H groups in total. The highest BCUT2D eigenvalue weighted by atomic mass is 16.5. The van der Waals surface area contributed by atoms with Crippen LogP contribution in [0.25, 0.3) is 6.08 Å². The quantitative estimate of drug-likeness (QED) is 0.887. The van der Waals surface area contributed by atoms with Crippen LogP contribution in [-0.2, 0) is 4.79 Å². The third kappa shape index (κ3) is 3.42. The maximum Gasteiger partial charge on any atom is 0.250 e. The number of nitrogens with one attached hydrogen (secondary N) is 2. The molecule has 0 aliphatic carbocycles. The average Bonchev–Trinajstić information content (AvgIpc) is 2.59. The molecular formula is C17H22N2O3. The lowest BCUT2D eigenvalue weighted by Gasteiger charge is -2.24. The summed E-state index contributed by atoms with van der Waals surface area (Å²) in [7, 11) is 1.63. The predicted octanol–water partition coefficient (Wildman–Crippen LogP) is 1.59. The van der Waals surface area contributed by atoms with Crippen LogP contribution >= 0.6 is 0 Å². The van der Waals surface area contributed by atoms with Crippen LogP contribution in [0.3, 0.4) is 0 Å². The molecule has 22 heavy (non-hydrogen) atoms. The second-order valence-electron chi connectivity index (χ2n) is 5.78. The molecule has 0 bridgehead atoms. The maximum atomic E-state index is 12.3. The molecule has 0 aromatic heterocycles. The summed E-state index contributed by atoms with van der Waals surface area (Å²) in [6.07, 6.45) is 4.23. The Morgan fingerprint density at radius 2 is 2.41 bits per heavy atom. The van der Waals surface area contributed by atoms with Crippen molar-refractivity contribution in [2.24, 2.45) is 5.92 Å². The fraction of sp³-hybridized carbons (Fsp3) is 0.471. The van der Waals surface area contributed by atoms with Gasteiger partial charge in [-0.2, -0.15) is 0 Å². The van der Waals surface area contributed by atoms with Crippen LogP contribution in [0.2, 0.25) is 0 Å². The highest BCUT2D eigenvalue weighted by Crippen LogP contribution is 2.29. The van der Waals surface area contributed by atoms with Gasteiger partial charge in [0.2, 0.25) is 0 Å². The number of piperidine rings is 1. The monoisotopic (exact) mass is 302 g/mol. The van der Waals surface area contributed by atoms with Gasteiger partial charge >= 0.3 is 0 Å². The minimum atomic E-state index is -0.0426. The molecule has 1 atom stereocenters. The van der Waals surface area contributed by atoms with Crippen molar-refractivity contribution >= 4 is 12.0 Å². The van der Waals surface area contributed by atoms with Crippen LogP contribution in [0.5, 0.6) is 11.5 Å². The maximum absolute atomic E-state index is 12.3. The standard InChI is InChI=1S/C17H22N2O3/c1-21-15-4-5-16-13(8-15)7-14(11-22-16)17(20)19-10-12-3-2-6-18-9-12/h4-5,7-8,12,18H,2-3,6,9-11H2,1H3,(H,19,20). The lowest BCUT2D eigenvalue weighted by Crippen LogP contribution is -2.39. The van der Waals surface area contributed by atoms with Gasteiger partial charge in [-0.25, -0.2) is 0 Å². The summed E-state index contributed by atoms with van der Waals surface area (Å²) in [6.45, 7) is 3.10. The Bertz CT molecular complexity index is 577. The number of carbonyl (C=O) groups excluding carboxylic acids is 1. The van der Waals surface area contributed by atoms with Gasteiger partial charge in [0.25, 0.3) is 5.91 Å². The van der Waals surface area contributed by atoms with E-state index in [9.17, 15) is 4.79 Å². The number of fused-ring (bicyclic) bond motifs is 1. The summed E-state index contributed by atoms with van der Waals surface area (Å²) in [6, 6.07) is 5.60. The van der Waals surface area contributed by atoms with E-state index in [0.29, 0.717) is 24.6 Å². The van der Waals surface area contributed by atoms with E-state index < -0.39 is 0 Å². The Labute approximate surface area is 130 Å². The number of hydrogen-bond acceptors (Lipinski definition) is 4. The molecule has 1 aromatic carbocycles. The molecule has 5 heteroatoms. The highest BCUT2D eigenvalue weighted by molar-refractivity contribution is 5.99. The number of carbonyl (C=O) groups is 1. The number of hydrogen-bond donors (Lipinski definition) is 2. The minimum absolute atomic E-state index is 0.0426. The van der Waals surface area contributed by atoms with Crippen LogP contribution in [0.15, 0.2) is 23.8 Å². The van der Waals surface area contributed by atoms with Crippen LogP contribution in [-0.4, -0.2) is 39.3 Å². The zero-order chi connectivity index (χ0) is 15.4. The first kappa shape index (κ1) is 14.9. The first-order valence-corrected chi connectivity index (χ1v) is 7.76. The van der Waals surface area contributed by atoms with Crippen LogP contribution in [0.1, 0.15) is 18.4 Å². The number of methoxy groups -OCH3 is 1. The second-order valence-corrected chi connectivity index (χ2v) is 5.78. The largest absolute Gasteiger partial charge is 0.497 e. The molecule has 5 nitrogen and oxygen atoms in total. The van der Waals surface area contributed by atoms with Crippen molar-refractivity contribution in [2.75, 3.05) is 33.4 Å². The van der Waals surface area contributed by atoms with Gasteiger partial charge in [-0.15, -0.1) is 0 Å². The second kappa shape index (κ2) is 6.83. The first-order chi connectivity index (χ1) is 10.8. The van der Waals surface area contributed by atoms with E-state index in [2.05, 4.69) is 10.6 Å². The van der Waals surface area contributed by atoms with Crippen LogP contribution < -0.4 is 20.1 Å². The minimum Gasteiger partial charge on any atom is -0.497 e. The van der Waals surface area contributed by atoms with Crippen LogP contribution in [0.4, 0.5) is 0 Å². The smallest absolute Gasteiger partial charge is 0.250 e. The van der Waals surface area contributed by atoms with Crippen molar-refractivity contribution in [3.63, 3.8) is 0 Å². The summed E-state index contributed by atoms with van der Waals surface area (Å²) in [5.74, 6) is 2.02. The molecule has 1 fully saturated rings. The zero-order valence-electron chi connectivity index (χ0n) is 12.9. The van der Waals surface area contributed by atoms with Gasteiger partial charge in [0, 0.05) is 12.1 Å². The summed E-state index contributed by atoms with van der Waals surface area (Å²) >= 11 is 0. The van der Waals surface area contributed by atoms with Crippen molar-refractivity contribution in [1.29, 1.82) is 0 Å². The molecule has 1 aromatic rings. The summed E-state index contributed by atoms with van der Waals surface area (Å²) in [5.41, 5.74) is 1.54. The molecule has 2 aliphatic heterocycles. The Morgan fingerprint density at radius 3 is 3.18 bits per heavy atom. The van der Waals surface area contributed by atoms with Gasteiger partial charge in [-0.05, 0) is 56.1 Å². The van der Waals surface area contributed by atoms with Gasteiger partial charge in [-0.3, -0.25) is 4.79 Å². The van der Waals surface area contributed by atoms with Gasteiger partial charge in [0.05, 0.1) is 12.7 Å². The van der Waals surface area contributed by atoms with Gasteiger partial charge < -0.3 is 20.1 Å². The molecule has 2 heterocycles. The van der Waals surface area contributed by atoms with Gasteiger partial charge in [-0.1, -0.05) is 0 Å².